The molecule has 0 aliphatic heterocycles. The van der Waals surface area contributed by atoms with Crippen LogP contribution in [0, 0.1) is 0 Å². The molecule has 0 spiro atoms. The van der Waals surface area contributed by atoms with Crippen LogP contribution in [0.15, 0.2) is 87.8 Å². The molecule has 0 fully saturated rings. The highest BCUT2D eigenvalue weighted by atomic mass is 32.2. The van der Waals surface area contributed by atoms with E-state index in [9.17, 15) is 13.2 Å². The van der Waals surface area contributed by atoms with Gasteiger partial charge < -0.3 is 4.74 Å². The van der Waals surface area contributed by atoms with Gasteiger partial charge in [0.15, 0.2) is 0 Å². The maximum atomic E-state index is 12.9. The lowest BCUT2D eigenvalue weighted by Gasteiger charge is -2.09. The molecular formula is C21H17N3O4S. The van der Waals surface area contributed by atoms with Gasteiger partial charge in [0.2, 0.25) is 9.84 Å². The number of fused-ring (bicyclic) bond motifs is 1. The fraction of sp³-hybridized carbons (Fsp3) is 0.0952. The van der Waals surface area contributed by atoms with Crippen molar-refractivity contribution < 1.29 is 13.2 Å². The molecule has 0 radical (unpaired) electrons. The molecule has 0 aliphatic rings. The van der Waals surface area contributed by atoms with Gasteiger partial charge in [-0.1, -0.05) is 6.07 Å². The lowest BCUT2D eigenvalue weighted by Crippen LogP contribution is -2.23. The summed E-state index contributed by atoms with van der Waals surface area (Å²) in [5.74, 6) is 0.570. The van der Waals surface area contributed by atoms with E-state index in [0.29, 0.717) is 16.5 Å². The average Bonchev–Trinajstić information content (AvgIpc) is 2.76. The zero-order valence-corrected chi connectivity index (χ0v) is 16.3. The fourth-order valence-corrected chi connectivity index (χ4v) is 4.30. The molecule has 146 valence electrons. The van der Waals surface area contributed by atoms with Gasteiger partial charge in [-0.05, 0) is 54.1 Å². The molecule has 4 rings (SSSR count). The highest BCUT2D eigenvalue weighted by Gasteiger charge is 2.19. The number of methoxy groups -OCH3 is 1. The molecule has 2 heterocycles. The van der Waals surface area contributed by atoms with E-state index in [0.717, 1.165) is 5.56 Å². The Morgan fingerprint density at radius 1 is 1.00 bits per heavy atom. The van der Waals surface area contributed by atoms with E-state index in [-0.39, 0.29) is 21.9 Å². The molecule has 29 heavy (non-hydrogen) atoms. The number of ether oxygens (including phenoxy) is 1. The predicted molar refractivity (Wildman–Crippen MR) is 108 cm³/mol. The molecule has 0 unspecified atom stereocenters. The van der Waals surface area contributed by atoms with E-state index in [4.69, 9.17) is 4.74 Å². The van der Waals surface area contributed by atoms with Crippen molar-refractivity contribution in [1.82, 2.24) is 14.8 Å². The summed E-state index contributed by atoms with van der Waals surface area (Å²) in [6, 6.07) is 14.2. The summed E-state index contributed by atoms with van der Waals surface area (Å²) in [6.07, 6.45) is 4.83. The van der Waals surface area contributed by atoms with Crippen LogP contribution in [0.5, 0.6) is 5.75 Å². The van der Waals surface area contributed by atoms with Crippen LogP contribution in [-0.2, 0) is 16.4 Å². The van der Waals surface area contributed by atoms with Gasteiger partial charge in [-0.2, -0.15) is 5.10 Å². The molecule has 4 aromatic rings. The Bertz CT molecular complexity index is 1330. The van der Waals surface area contributed by atoms with Crippen molar-refractivity contribution >= 4 is 20.6 Å². The molecular weight excluding hydrogens is 390 g/mol. The Morgan fingerprint density at radius 2 is 1.76 bits per heavy atom. The van der Waals surface area contributed by atoms with E-state index >= 15 is 0 Å². The Morgan fingerprint density at radius 3 is 2.45 bits per heavy atom. The third-order valence-corrected chi connectivity index (χ3v) is 6.33. The van der Waals surface area contributed by atoms with Crippen molar-refractivity contribution in [1.29, 1.82) is 0 Å². The number of pyridine rings is 1. The number of nitrogens with zero attached hydrogens (tertiary/aromatic N) is 3. The van der Waals surface area contributed by atoms with Crippen molar-refractivity contribution in [2.45, 2.75) is 16.3 Å². The van der Waals surface area contributed by atoms with Gasteiger partial charge in [0, 0.05) is 17.8 Å². The summed E-state index contributed by atoms with van der Waals surface area (Å²) >= 11 is 0. The van der Waals surface area contributed by atoms with Crippen LogP contribution < -0.4 is 10.3 Å². The van der Waals surface area contributed by atoms with E-state index in [2.05, 4.69) is 10.1 Å². The maximum absolute atomic E-state index is 12.9. The summed E-state index contributed by atoms with van der Waals surface area (Å²) < 4.78 is 32.2. The minimum atomic E-state index is -3.73. The smallest absolute Gasteiger partial charge is 0.274 e. The fourth-order valence-electron chi connectivity index (χ4n) is 3.00. The first-order valence-electron chi connectivity index (χ1n) is 8.77. The van der Waals surface area contributed by atoms with Gasteiger partial charge in [-0.3, -0.25) is 9.78 Å². The lowest BCUT2D eigenvalue weighted by atomic mass is 10.2. The van der Waals surface area contributed by atoms with Gasteiger partial charge in [-0.15, -0.1) is 0 Å². The molecule has 0 bridgehead atoms. The van der Waals surface area contributed by atoms with Gasteiger partial charge in [0.05, 0.1) is 35.0 Å². The number of rotatable bonds is 5. The van der Waals surface area contributed by atoms with Gasteiger partial charge in [0.25, 0.3) is 5.56 Å². The van der Waals surface area contributed by atoms with Gasteiger partial charge in [0.1, 0.15) is 5.75 Å². The standard InChI is InChI=1S/C21H17N3O4S/c1-28-17-4-6-18(7-5-17)29(26,27)19-8-9-20-16(11-19)13-23-24(21(20)25)14-15-3-2-10-22-12-15/h2-13H,14H2,1H3. The van der Waals surface area contributed by atoms with E-state index in [1.54, 1.807) is 30.6 Å². The molecule has 0 aliphatic carbocycles. The van der Waals surface area contributed by atoms with Crippen LogP contribution >= 0.6 is 0 Å². The predicted octanol–water partition coefficient (Wildman–Crippen LogP) is 2.68. The molecule has 2 aromatic carbocycles. The second-order valence-electron chi connectivity index (χ2n) is 6.40. The quantitative estimate of drug-likeness (QED) is 0.505. The van der Waals surface area contributed by atoms with E-state index in [1.807, 2.05) is 6.07 Å². The van der Waals surface area contributed by atoms with Gasteiger partial charge >= 0.3 is 0 Å². The molecule has 0 atom stereocenters. The van der Waals surface area contributed by atoms with Crippen molar-refractivity contribution in [2.75, 3.05) is 7.11 Å². The summed E-state index contributed by atoms with van der Waals surface area (Å²) in [5.41, 5.74) is 0.555. The third kappa shape index (κ3) is 3.62. The first-order chi connectivity index (χ1) is 14.0. The molecule has 0 saturated heterocycles. The van der Waals surface area contributed by atoms with Crippen LogP contribution in [0.1, 0.15) is 5.56 Å². The van der Waals surface area contributed by atoms with E-state index in [1.165, 1.54) is 48.3 Å². The van der Waals surface area contributed by atoms with Crippen LogP contribution in [0.3, 0.4) is 0 Å². The molecule has 0 amide bonds. The first-order valence-corrected chi connectivity index (χ1v) is 10.3. The topological polar surface area (TPSA) is 91.2 Å². The summed E-state index contributed by atoms with van der Waals surface area (Å²) in [5, 5.41) is 5.05. The number of sulfone groups is 1. The van der Waals surface area contributed by atoms with Crippen LogP contribution in [-0.4, -0.2) is 30.3 Å². The summed E-state index contributed by atoms with van der Waals surface area (Å²) in [6.45, 7) is 0.286. The largest absolute Gasteiger partial charge is 0.497 e. The van der Waals surface area contributed by atoms with Crippen LogP contribution in [0.4, 0.5) is 0 Å². The van der Waals surface area contributed by atoms with Crippen molar-refractivity contribution in [3.63, 3.8) is 0 Å². The summed E-state index contributed by atoms with van der Waals surface area (Å²) in [7, 11) is -2.21. The average molecular weight is 407 g/mol. The molecule has 8 heteroatoms. The summed E-state index contributed by atoms with van der Waals surface area (Å²) in [4.78, 5) is 17.0. The van der Waals surface area contributed by atoms with E-state index < -0.39 is 9.84 Å². The van der Waals surface area contributed by atoms with Gasteiger partial charge in [-0.25, -0.2) is 13.1 Å². The Balaban J connectivity index is 1.73. The van der Waals surface area contributed by atoms with Crippen molar-refractivity contribution in [3.8, 4) is 5.75 Å². The number of benzene rings is 2. The van der Waals surface area contributed by atoms with Crippen molar-refractivity contribution in [2.24, 2.45) is 0 Å². The molecule has 0 saturated carbocycles. The molecule has 0 N–H and O–H groups in total. The van der Waals surface area contributed by atoms with Crippen LogP contribution in [0.2, 0.25) is 0 Å². The Hall–Kier alpha value is -3.52. The maximum Gasteiger partial charge on any atom is 0.274 e. The van der Waals surface area contributed by atoms with Crippen molar-refractivity contribution in [3.05, 3.63) is 89.1 Å². The molecule has 2 aromatic heterocycles. The number of hydrogen-bond acceptors (Lipinski definition) is 6. The second kappa shape index (κ2) is 7.48. The Kier molecular flexibility index (Phi) is 4.85. The highest BCUT2D eigenvalue weighted by molar-refractivity contribution is 7.91. The second-order valence-corrected chi connectivity index (χ2v) is 8.35. The zero-order chi connectivity index (χ0) is 20.4. The minimum Gasteiger partial charge on any atom is -0.497 e. The number of aromatic nitrogens is 3. The minimum absolute atomic E-state index is 0.0985. The SMILES string of the molecule is COc1ccc(S(=O)(=O)c2ccc3c(=O)n(Cc4cccnc4)ncc3c2)cc1. The zero-order valence-electron chi connectivity index (χ0n) is 15.5. The third-order valence-electron chi connectivity index (χ3n) is 4.56. The first kappa shape index (κ1) is 18.8. The lowest BCUT2D eigenvalue weighted by molar-refractivity contribution is 0.414. The Labute approximate surface area is 167 Å². The molecule has 7 nitrogen and oxygen atoms in total. The normalized spacial score (nSPS) is 11.5. The van der Waals surface area contributed by atoms with Crippen LogP contribution in [0.25, 0.3) is 10.8 Å². The number of hydrogen-bond donors (Lipinski definition) is 0. The highest BCUT2D eigenvalue weighted by Crippen LogP contribution is 2.25. The monoisotopic (exact) mass is 407 g/mol.